The van der Waals surface area contributed by atoms with E-state index in [4.69, 9.17) is 27.9 Å². The van der Waals surface area contributed by atoms with Gasteiger partial charge in [0.2, 0.25) is 0 Å². The van der Waals surface area contributed by atoms with E-state index in [1.54, 1.807) is 31.2 Å². The molecular weight excluding hydrogens is 387 g/mol. The topological polar surface area (TPSA) is 49.4 Å². The minimum Gasteiger partial charge on any atom is -0.768 e. The van der Waals surface area contributed by atoms with Crippen LogP contribution in [-0.2, 0) is 11.1 Å². The fourth-order valence-corrected chi connectivity index (χ4v) is 3.40. The van der Waals surface area contributed by atoms with Crippen LogP contribution >= 0.6 is 39.1 Å². The lowest BCUT2D eigenvalue weighted by Gasteiger charge is -2.13. The fraction of sp³-hybridized carbons (Fsp3) is 0.0769. The van der Waals surface area contributed by atoms with Crippen LogP contribution in [0.1, 0.15) is 5.56 Å². The summed E-state index contributed by atoms with van der Waals surface area (Å²) in [5.41, 5.74) is 0.638. The number of halogens is 3. The second kappa shape index (κ2) is 6.45. The van der Waals surface area contributed by atoms with Gasteiger partial charge in [0, 0.05) is 9.37 Å². The van der Waals surface area contributed by atoms with E-state index < -0.39 is 11.1 Å². The predicted molar refractivity (Wildman–Crippen MR) is 82.6 cm³/mol. The van der Waals surface area contributed by atoms with E-state index in [-0.39, 0.29) is 10.6 Å². The van der Waals surface area contributed by atoms with E-state index in [0.29, 0.717) is 21.4 Å². The van der Waals surface area contributed by atoms with E-state index >= 15 is 0 Å². The van der Waals surface area contributed by atoms with Crippen molar-refractivity contribution >= 4 is 50.2 Å². The Bertz CT molecular complexity index is 668. The summed E-state index contributed by atoms with van der Waals surface area (Å²) in [6, 6.07) is 8.02. The number of aryl methyl sites for hydroxylation is 1. The van der Waals surface area contributed by atoms with Crippen LogP contribution in [0.3, 0.4) is 0 Å². The summed E-state index contributed by atoms with van der Waals surface area (Å²) in [5, 5.41) is 0.657. The first-order valence-corrected chi connectivity index (χ1v) is 8.03. The first-order chi connectivity index (χ1) is 9.38. The molecule has 0 saturated carbocycles. The zero-order valence-electron chi connectivity index (χ0n) is 10.2. The standard InChI is InChI=1S/C13H9BrCl2O3S/c1-7-2-3-9(6-12(7)20(17)18)19-13-10(15)4-8(14)5-11(13)16/h2-6H,1H3,(H,17,18)/p-1. The molecule has 3 nitrogen and oxygen atoms in total. The summed E-state index contributed by atoms with van der Waals surface area (Å²) in [4.78, 5) is 0.173. The van der Waals surface area contributed by atoms with Crippen molar-refractivity contribution in [3.8, 4) is 11.5 Å². The molecule has 7 heteroatoms. The van der Waals surface area contributed by atoms with Crippen LogP contribution < -0.4 is 4.74 Å². The number of rotatable bonds is 3. The Morgan fingerprint density at radius 1 is 1.20 bits per heavy atom. The summed E-state index contributed by atoms with van der Waals surface area (Å²) in [6.45, 7) is 1.70. The Kier molecular flexibility index (Phi) is 5.09. The van der Waals surface area contributed by atoms with Crippen LogP contribution in [0.25, 0.3) is 0 Å². The fourth-order valence-electron chi connectivity index (χ4n) is 1.57. The van der Waals surface area contributed by atoms with Gasteiger partial charge in [-0.15, -0.1) is 0 Å². The van der Waals surface area contributed by atoms with Crippen molar-refractivity contribution in [1.82, 2.24) is 0 Å². The van der Waals surface area contributed by atoms with Gasteiger partial charge in [-0.25, -0.2) is 0 Å². The maximum Gasteiger partial charge on any atom is 0.164 e. The van der Waals surface area contributed by atoms with Crippen LogP contribution in [0, 0.1) is 6.92 Å². The molecule has 0 bridgehead atoms. The third kappa shape index (κ3) is 3.54. The third-order valence-corrected chi connectivity index (χ3v) is 4.34. The van der Waals surface area contributed by atoms with Crippen molar-refractivity contribution in [2.45, 2.75) is 11.8 Å². The summed E-state index contributed by atoms with van der Waals surface area (Å²) < 4.78 is 28.5. The summed E-state index contributed by atoms with van der Waals surface area (Å²) in [7, 11) is 0. The molecule has 1 atom stereocenters. The van der Waals surface area contributed by atoms with Crippen molar-refractivity contribution < 1.29 is 13.5 Å². The Morgan fingerprint density at radius 2 is 1.80 bits per heavy atom. The molecule has 106 valence electrons. The molecule has 0 N–H and O–H groups in total. The van der Waals surface area contributed by atoms with Crippen molar-refractivity contribution in [2.75, 3.05) is 0 Å². The SMILES string of the molecule is Cc1ccc(Oc2c(Cl)cc(Br)cc2Cl)cc1S(=O)[O-]. The normalized spacial score (nSPS) is 12.2. The van der Waals surface area contributed by atoms with E-state index in [0.717, 1.165) is 4.47 Å². The van der Waals surface area contributed by atoms with Crippen molar-refractivity contribution in [3.63, 3.8) is 0 Å². The molecule has 2 rings (SSSR count). The lowest BCUT2D eigenvalue weighted by atomic mass is 10.2. The number of hydrogen-bond donors (Lipinski definition) is 0. The molecule has 0 spiro atoms. The second-order valence-corrected chi connectivity index (χ2v) is 6.60. The zero-order chi connectivity index (χ0) is 14.9. The molecule has 1 unspecified atom stereocenters. The number of benzene rings is 2. The lowest BCUT2D eigenvalue weighted by Crippen LogP contribution is -1.94. The smallest absolute Gasteiger partial charge is 0.164 e. The van der Waals surface area contributed by atoms with Gasteiger partial charge in [0.25, 0.3) is 0 Å². The van der Waals surface area contributed by atoms with Crippen LogP contribution in [0.4, 0.5) is 0 Å². The van der Waals surface area contributed by atoms with Gasteiger partial charge >= 0.3 is 0 Å². The molecule has 0 radical (unpaired) electrons. The monoisotopic (exact) mass is 393 g/mol. The Balaban J connectivity index is 2.41. The number of ether oxygens (including phenoxy) is 1. The quantitative estimate of drug-likeness (QED) is 0.680. The minimum atomic E-state index is -2.33. The Hall–Kier alpha value is -0.590. The molecule has 0 aliphatic rings. The molecule has 0 fully saturated rings. The van der Waals surface area contributed by atoms with E-state index in [9.17, 15) is 8.76 Å². The molecule has 0 heterocycles. The van der Waals surface area contributed by atoms with Gasteiger partial charge in [0.1, 0.15) is 5.75 Å². The van der Waals surface area contributed by atoms with Crippen LogP contribution in [0.5, 0.6) is 11.5 Å². The number of hydrogen-bond acceptors (Lipinski definition) is 3. The molecule has 2 aromatic carbocycles. The van der Waals surface area contributed by atoms with Gasteiger partial charge in [-0.1, -0.05) is 45.2 Å². The minimum absolute atomic E-state index is 0.173. The predicted octanol–water partition coefficient (Wildman–Crippen LogP) is 5.09. The largest absolute Gasteiger partial charge is 0.768 e. The highest BCUT2D eigenvalue weighted by Crippen LogP contribution is 2.39. The lowest BCUT2D eigenvalue weighted by molar-refractivity contribution is 0.480. The summed E-state index contributed by atoms with van der Waals surface area (Å²) in [5.74, 6) is 0.629. The first kappa shape index (κ1) is 15.8. The van der Waals surface area contributed by atoms with E-state index in [1.165, 1.54) is 6.07 Å². The highest BCUT2D eigenvalue weighted by atomic mass is 79.9. The first-order valence-electron chi connectivity index (χ1n) is 5.41. The average molecular weight is 395 g/mol. The molecule has 0 amide bonds. The van der Waals surface area contributed by atoms with Gasteiger partial charge < -0.3 is 9.29 Å². The van der Waals surface area contributed by atoms with Crippen LogP contribution in [0.2, 0.25) is 10.0 Å². The highest BCUT2D eigenvalue weighted by molar-refractivity contribution is 9.10. The summed E-state index contributed by atoms with van der Waals surface area (Å²) in [6.07, 6.45) is 0. The molecule has 0 aliphatic carbocycles. The molecular formula is C13H8BrCl2O3S-. The van der Waals surface area contributed by atoms with Crippen molar-refractivity contribution in [2.24, 2.45) is 0 Å². The van der Waals surface area contributed by atoms with Crippen molar-refractivity contribution in [1.29, 1.82) is 0 Å². The van der Waals surface area contributed by atoms with Gasteiger partial charge in [0.15, 0.2) is 5.75 Å². The third-order valence-electron chi connectivity index (χ3n) is 2.52. The summed E-state index contributed by atoms with van der Waals surface area (Å²) >= 11 is 13.1. The molecule has 2 aromatic rings. The second-order valence-electron chi connectivity index (χ2n) is 3.96. The van der Waals surface area contributed by atoms with Gasteiger partial charge in [-0.3, -0.25) is 4.21 Å². The molecule has 0 saturated heterocycles. The van der Waals surface area contributed by atoms with E-state index in [2.05, 4.69) is 15.9 Å². The van der Waals surface area contributed by atoms with Crippen LogP contribution in [0.15, 0.2) is 39.7 Å². The van der Waals surface area contributed by atoms with E-state index in [1.807, 2.05) is 0 Å². The highest BCUT2D eigenvalue weighted by Gasteiger charge is 2.11. The molecule has 20 heavy (non-hydrogen) atoms. The maximum absolute atomic E-state index is 11.1. The zero-order valence-corrected chi connectivity index (χ0v) is 14.1. The molecule has 0 aliphatic heterocycles. The Labute approximate surface area is 137 Å². The average Bonchev–Trinajstić information content (AvgIpc) is 2.35. The van der Waals surface area contributed by atoms with Gasteiger partial charge in [0.05, 0.1) is 10.0 Å². The van der Waals surface area contributed by atoms with Crippen molar-refractivity contribution in [3.05, 3.63) is 50.4 Å². The Morgan fingerprint density at radius 3 is 2.35 bits per heavy atom. The van der Waals surface area contributed by atoms with Gasteiger partial charge in [-0.2, -0.15) is 0 Å². The van der Waals surface area contributed by atoms with Gasteiger partial charge in [-0.05, 0) is 47.8 Å². The maximum atomic E-state index is 11.1. The molecule has 0 aromatic heterocycles. The van der Waals surface area contributed by atoms with Crippen LogP contribution in [-0.4, -0.2) is 8.76 Å².